The highest BCUT2D eigenvalue weighted by molar-refractivity contribution is 5.93. The summed E-state index contributed by atoms with van der Waals surface area (Å²) in [5.41, 5.74) is 4.21. The highest BCUT2D eigenvalue weighted by atomic mass is 16.3. The Bertz CT molecular complexity index is 1240. The smallest absolute Gasteiger partial charge is 0.230 e. The summed E-state index contributed by atoms with van der Waals surface area (Å²) >= 11 is 0. The largest absolute Gasteiger partial charge is 0.309 e. The molecule has 1 N–H and O–H groups in total. The number of amides is 1. The van der Waals surface area contributed by atoms with Gasteiger partial charge in [0.15, 0.2) is 5.82 Å². The van der Waals surface area contributed by atoms with Crippen LogP contribution in [-0.2, 0) is 11.2 Å². The van der Waals surface area contributed by atoms with Crippen LogP contribution in [0.2, 0.25) is 0 Å². The summed E-state index contributed by atoms with van der Waals surface area (Å²) < 4.78 is 0. The molecule has 1 amide bonds. The second-order valence-corrected chi connectivity index (χ2v) is 7.08. The van der Waals surface area contributed by atoms with Gasteiger partial charge in [0.1, 0.15) is 11.4 Å². The third-order valence-corrected chi connectivity index (χ3v) is 4.77. The summed E-state index contributed by atoms with van der Waals surface area (Å²) in [4.78, 5) is 32.4. The minimum absolute atomic E-state index is 0.172. The van der Waals surface area contributed by atoms with E-state index in [2.05, 4.69) is 15.5 Å². The molecule has 4 aromatic rings. The van der Waals surface area contributed by atoms with Crippen molar-refractivity contribution in [2.45, 2.75) is 6.42 Å². The molecule has 4 rings (SSSR count). The summed E-state index contributed by atoms with van der Waals surface area (Å²) in [6.45, 7) is 0. The lowest BCUT2D eigenvalue weighted by Gasteiger charge is -2.10. The molecule has 0 aliphatic rings. The normalized spacial score (nSPS) is 10.8. The molecule has 0 fully saturated rings. The first-order valence-electron chi connectivity index (χ1n) is 10.1. The quantitative estimate of drug-likeness (QED) is 0.378. The zero-order valence-electron chi connectivity index (χ0n) is 17.2. The van der Waals surface area contributed by atoms with E-state index in [9.17, 15) is 9.70 Å². The van der Waals surface area contributed by atoms with Gasteiger partial charge < -0.3 is 5.32 Å². The third kappa shape index (κ3) is 5.37. The zero-order valence-corrected chi connectivity index (χ0v) is 17.2. The molecule has 0 atom stereocenters. The van der Waals surface area contributed by atoms with Gasteiger partial charge in [0.2, 0.25) is 5.91 Å². The number of hydrogen-bond donors (Lipinski definition) is 1. The van der Waals surface area contributed by atoms with Crippen molar-refractivity contribution in [3.05, 3.63) is 113 Å². The SMILES string of the molecule is O=Nc1ccc(-c2cnc(NC(=O)Cc3ccccc3)c(/C=C/c3ccccc3)n2)cc1. The predicted molar refractivity (Wildman–Crippen MR) is 127 cm³/mol. The predicted octanol–water partition coefficient (Wildman–Crippen LogP) is 5.89. The number of hydrogen-bond acceptors (Lipinski definition) is 5. The van der Waals surface area contributed by atoms with Gasteiger partial charge in [-0.25, -0.2) is 9.97 Å². The molecule has 1 heterocycles. The van der Waals surface area contributed by atoms with Crippen LogP contribution in [0.5, 0.6) is 0 Å². The van der Waals surface area contributed by atoms with Crippen LogP contribution < -0.4 is 5.32 Å². The molecule has 6 nitrogen and oxygen atoms in total. The van der Waals surface area contributed by atoms with Gasteiger partial charge in [0, 0.05) is 5.56 Å². The number of anilines is 1. The minimum atomic E-state index is -0.172. The lowest BCUT2D eigenvalue weighted by Crippen LogP contribution is -2.16. The summed E-state index contributed by atoms with van der Waals surface area (Å²) in [5.74, 6) is 0.210. The van der Waals surface area contributed by atoms with E-state index in [0.29, 0.717) is 22.9 Å². The van der Waals surface area contributed by atoms with Gasteiger partial charge in [-0.3, -0.25) is 4.79 Å². The molecule has 0 bridgehead atoms. The summed E-state index contributed by atoms with van der Waals surface area (Å²) in [6, 6.07) is 26.1. The Hall–Kier alpha value is -4.45. The molecular formula is C26H20N4O2. The number of aromatic nitrogens is 2. The second kappa shape index (κ2) is 10.0. The van der Waals surface area contributed by atoms with Gasteiger partial charge in [0.25, 0.3) is 0 Å². The fraction of sp³-hybridized carbons (Fsp3) is 0.0385. The van der Waals surface area contributed by atoms with E-state index in [1.807, 2.05) is 72.8 Å². The van der Waals surface area contributed by atoms with Crippen molar-refractivity contribution in [2.24, 2.45) is 5.18 Å². The number of benzene rings is 3. The first kappa shape index (κ1) is 20.8. The number of rotatable bonds is 7. The van der Waals surface area contributed by atoms with E-state index in [-0.39, 0.29) is 12.3 Å². The Balaban J connectivity index is 1.63. The fourth-order valence-corrected chi connectivity index (χ4v) is 3.14. The van der Waals surface area contributed by atoms with E-state index in [0.717, 1.165) is 16.7 Å². The maximum atomic E-state index is 12.6. The first-order chi connectivity index (χ1) is 15.7. The zero-order chi connectivity index (χ0) is 22.2. The maximum Gasteiger partial charge on any atom is 0.230 e. The van der Waals surface area contributed by atoms with Crippen molar-refractivity contribution in [3.63, 3.8) is 0 Å². The van der Waals surface area contributed by atoms with E-state index in [1.165, 1.54) is 0 Å². The molecule has 3 aromatic carbocycles. The summed E-state index contributed by atoms with van der Waals surface area (Å²) in [6.07, 6.45) is 5.58. The Kier molecular flexibility index (Phi) is 6.53. The van der Waals surface area contributed by atoms with Crippen molar-refractivity contribution >= 4 is 29.6 Å². The number of carbonyl (C=O) groups is 1. The second-order valence-electron chi connectivity index (χ2n) is 7.08. The summed E-state index contributed by atoms with van der Waals surface area (Å²) in [7, 11) is 0. The first-order valence-corrected chi connectivity index (χ1v) is 10.1. The highest BCUT2D eigenvalue weighted by Gasteiger charge is 2.11. The number of nitroso groups, excluding NO2 is 1. The van der Waals surface area contributed by atoms with Gasteiger partial charge in [0.05, 0.1) is 18.3 Å². The van der Waals surface area contributed by atoms with Crippen LogP contribution in [0.4, 0.5) is 11.5 Å². The third-order valence-electron chi connectivity index (χ3n) is 4.77. The standard InChI is InChI=1S/C26H20N4O2/c31-25(17-20-9-5-2-6-10-20)29-26-23(16-11-19-7-3-1-4-8-19)28-24(18-27-26)21-12-14-22(30-32)15-13-21/h1-16,18H,17H2,(H,27,29,31)/b16-11+. The van der Waals surface area contributed by atoms with Crippen LogP contribution in [0.1, 0.15) is 16.8 Å². The van der Waals surface area contributed by atoms with E-state index in [4.69, 9.17) is 4.98 Å². The minimum Gasteiger partial charge on any atom is -0.309 e. The molecule has 0 saturated carbocycles. The van der Waals surface area contributed by atoms with Crippen LogP contribution in [0.25, 0.3) is 23.4 Å². The molecule has 6 heteroatoms. The Labute approximate surface area is 185 Å². The average molecular weight is 420 g/mol. The fourth-order valence-electron chi connectivity index (χ4n) is 3.14. The van der Waals surface area contributed by atoms with Crippen LogP contribution in [0, 0.1) is 4.91 Å². The molecule has 156 valence electrons. The topological polar surface area (TPSA) is 84.3 Å². The average Bonchev–Trinajstić information content (AvgIpc) is 2.84. The van der Waals surface area contributed by atoms with Gasteiger partial charge in [-0.1, -0.05) is 78.9 Å². The van der Waals surface area contributed by atoms with Gasteiger partial charge in [-0.15, -0.1) is 4.91 Å². The van der Waals surface area contributed by atoms with Crippen LogP contribution in [0.15, 0.2) is 96.3 Å². The van der Waals surface area contributed by atoms with Crippen molar-refractivity contribution < 1.29 is 4.79 Å². The highest BCUT2D eigenvalue weighted by Crippen LogP contribution is 2.24. The molecule has 1 aromatic heterocycles. The van der Waals surface area contributed by atoms with E-state index in [1.54, 1.807) is 30.5 Å². The van der Waals surface area contributed by atoms with Crippen molar-refractivity contribution in [1.29, 1.82) is 0 Å². The van der Waals surface area contributed by atoms with Crippen molar-refractivity contribution in [1.82, 2.24) is 9.97 Å². The van der Waals surface area contributed by atoms with Crippen molar-refractivity contribution in [2.75, 3.05) is 5.32 Å². The molecule has 0 unspecified atom stereocenters. The molecule has 32 heavy (non-hydrogen) atoms. The van der Waals surface area contributed by atoms with E-state index < -0.39 is 0 Å². The lowest BCUT2D eigenvalue weighted by molar-refractivity contribution is -0.115. The molecule has 0 aliphatic heterocycles. The monoisotopic (exact) mass is 420 g/mol. The van der Waals surface area contributed by atoms with Crippen LogP contribution in [-0.4, -0.2) is 15.9 Å². The number of carbonyl (C=O) groups excluding carboxylic acids is 1. The number of nitrogens with zero attached hydrogens (tertiary/aromatic N) is 3. The van der Waals surface area contributed by atoms with E-state index >= 15 is 0 Å². The summed E-state index contributed by atoms with van der Waals surface area (Å²) in [5, 5.41) is 5.79. The van der Waals surface area contributed by atoms with Crippen molar-refractivity contribution in [3.8, 4) is 11.3 Å². The Morgan fingerprint density at radius 1 is 0.875 bits per heavy atom. The lowest BCUT2D eigenvalue weighted by atomic mass is 10.1. The Morgan fingerprint density at radius 2 is 1.56 bits per heavy atom. The van der Waals surface area contributed by atoms with Crippen LogP contribution in [0.3, 0.4) is 0 Å². The molecular weight excluding hydrogens is 400 g/mol. The number of nitrogens with one attached hydrogen (secondary N) is 1. The van der Waals surface area contributed by atoms with Gasteiger partial charge in [-0.2, -0.15) is 0 Å². The molecule has 0 radical (unpaired) electrons. The van der Waals surface area contributed by atoms with Gasteiger partial charge in [-0.05, 0) is 34.5 Å². The molecule has 0 spiro atoms. The maximum absolute atomic E-state index is 12.6. The van der Waals surface area contributed by atoms with Crippen LogP contribution >= 0.6 is 0 Å². The van der Waals surface area contributed by atoms with Gasteiger partial charge >= 0.3 is 0 Å². The Morgan fingerprint density at radius 3 is 2.25 bits per heavy atom. The molecule has 0 aliphatic carbocycles. The molecule has 0 saturated heterocycles.